The highest BCUT2D eigenvalue weighted by Gasteiger charge is 2.25. The molecule has 0 N–H and O–H groups in total. The highest BCUT2D eigenvalue weighted by molar-refractivity contribution is 6.26. The number of benzene rings is 8. The first kappa shape index (κ1) is 31.6. The van der Waals surface area contributed by atoms with Crippen LogP contribution >= 0.6 is 0 Å². The third kappa shape index (κ3) is 4.24. The van der Waals surface area contributed by atoms with Crippen molar-refractivity contribution in [2.24, 2.45) is 0 Å². The summed E-state index contributed by atoms with van der Waals surface area (Å²) in [4.78, 5) is 0. The van der Waals surface area contributed by atoms with E-state index in [0.717, 1.165) is 29.9 Å². The third-order valence-electron chi connectivity index (χ3n) is 12.6. The van der Waals surface area contributed by atoms with Gasteiger partial charge in [0.15, 0.2) is 0 Å². The topological polar surface area (TPSA) is 19.7 Å². The molecule has 4 nitrogen and oxygen atoms in total. The lowest BCUT2D eigenvalue weighted by molar-refractivity contribution is 0.967. The Morgan fingerprint density at radius 3 is 1.43 bits per heavy atom. The van der Waals surface area contributed by atoms with Crippen molar-refractivity contribution in [3.05, 3.63) is 199 Å². The molecule has 0 saturated carbocycles. The number of hydrogen-bond donors (Lipinski definition) is 0. The zero-order chi connectivity index (χ0) is 37.9. The number of para-hydroxylation sites is 5. The monoisotopic (exact) mass is 740 g/mol. The molecule has 0 radical (unpaired) electrons. The number of hydrogen-bond acceptors (Lipinski definition) is 0. The molecular formula is C54H36N4. The number of aryl methyl sites for hydroxylation is 1. The van der Waals surface area contributed by atoms with E-state index >= 15 is 0 Å². The van der Waals surface area contributed by atoms with Gasteiger partial charge in [-0.05, 0) is 97.3 Å². The van der Waals surface area contributed by atoms with Gasteiger partial charge >= 0.3 is 0 Å². The standard InChI is InChI=1S/C54H36N4/c1-3-16-35(17-4-1)55-47-28-13-9-24-43(47)51-49(55)32-30-41-39-22-7-11-26-45(39)57(53(41)51)37-20-15-21-38(34-37)58-46-27-12-8-23-40(46)42-31-33-50-52(54(42)58)44-25-10-14-29-48(44)56(50)36-18-5-2-6-19-36/h1-7,9-22,24-34H,8,23H2. The Hall–Kier alpha value is -7.56. The van der Waals surface area contributed by atoms with Gasteiger partial charge in [-0.2, -0.15) is 0 Å². The number of rotatable bonds is 4. The van der Waals surface area contributed by atoms with Gasteiger partial charge in [0.2, 0.25) is 0 Å². The lowest BCUT2D eigenvalue weighted by Gasteiger charge is -2.15. The average molecular weight is 741 g/mol. The van der Waals surface area contributed by atoms with E-state index in [1.165, 1.54) is 93.3 Å². The van der Waals surface area contributed by atoms with Crippen molar-refractivity contribution >= 4 is 82.4 Å². The maximum absolute atomic E-state index is 2.55. The molecule has 272 valence electrons. The second-order valence-electron chi connectivity index (χ2n) is 15.6. The molecular weight excluding hydrogens is 705 g/mol. The van der Waals surface area contributed by atoms with Crippen LogP contribution < -0.4 is 0 Å². The molecule has 4 heterocycles. The van der Waals surface area contributed by atoms with E-state index in [1.807, 2.05) is 0 Å². The molecule has 0 aliphatic heterocycles. The predicted molar refractivity (Wildman–Crippen MR) is 244 cm³/mol. The molecule has 0 unspecified atom stereocenters. The smallest absolute Gasteiger partial charge is 0.0641 e. The van der Waals surface area contributed by atoms with E-state index < -0.39 is 0 Å². The summed E-state index contributed by atoms with van der Waals surface area (Å²) in [5.41, 5.74) is 15.9. The normalized spacial score (nSPS) is 13.0. The number of aromatic nitrogens is 4. The van der Waals surface area contributed by atoms with Crippen LogP contribution in [0.15, 0.2) is 188 Å². The molecule has 1 aliphatic rings. The summed E-state index contributed by atoms with van der Waals surface area (Å²) in [7, 11) is 0. The van der Waals surface area contributed by atoms with Crippen molar-refractivity contribution in [3.8, 4) is 22.7 Å². The molecule has 0 fully saturated rings. The summed E-state index contributed by atoms with van der Waals surface area (Å²) in [6.07, 6.45) is 6.77. The summed E-state index contributed by atoms with van der Waals surface area (Å²) in [5, 5.41) is 8.91. The minimum Gasteiger partial charge on any atom is -0.309 e. The van der Waals surface area contributed by atoms with Crippen molar-refractivity contribution in [2.45, 2.75) is 12.8 Å². The summed E-state index contributed by atoms with van der Waals surface area (Å²) < 4.78 is 9.92. The van der Waals surface area contributed by atoms with Crippen molar-refractivity contribution in [1.82, 2.24) is 18.3 Å². The molecule has 8 aromatic carbocycles. The van der Waals surface area contributed by atoms with Crippen LogP contribution in [0, 0.1) is 0 Å². The Labute approximate surface area is 334 Å². The van der Waals surface area contributed by atoms with Crippen LogP contribution in [0.3, 0.4) is 0 Å². The van der Waals surface area contributed by atoms with E-state index in [1.54, 1.807) is 0 Å². The highest BCUT2D eigenvalue weighted by Crippen LogP contribution is 2.45. The zero-order valence-corrected chi connectivity index (χ0v) is 31.7. The Kier molecular flexibility index (Phi) is 6.53. The molecule has 0 bridgehead atoms. The maximum atomic E-state index is 2.55. The molecule has 58 heavy (non-hydrogen) atoms. The number of fused-ring (bicyclic) bond motifs is 14. The predicted octanol–water partition coefficient (Wildman–Crippen LogP) is 13.9. The van der Waals surface area contributed by atoms with Gasteiger partial charge in [0, 0.05) is 66.1 Å². The average Bonchev–Trinajstić information content (AvgIpc) is 4.02. The molecule has 0 atom stereocenters. The van der Waals surface area contributed by atoms with E-state index in [0.29, 0.717) is 0 Å². The summed E-state index contributed by atoms with van der Waals surface area (Å²) in [6, 6.07) is 66.8. The summed E-state index contributed by atoms with van der Waals surface area (Å²) >= 11 is 0. The van der Waals surface area contributed by atoms with Crippen LogP contribution in [0.25, 0.3) is 105 Å². The zero-order valence-electron chi connectivity index (χ0n) is 31.7. The quantitative estimate of drug-likeness (QED) is 0.171. The van der Waals surface area contributed by atoms with Gasteiger partial charge in [0.05, 0.1) is 38.6 Å². The first-order valence-corrected chi connectivity index (χ1v) is 20.3. The Balaban J connectivity index is 1.14. The first-order valence-electron chi connectivity index (χ1n) is 20.3. The maximum Gasteiger partial charge on any atom is 0.0641 e. The van der Waals surface area contributed by atoms with Gasteiger partial charge in [0.25, 0.3) is 0 Å². The van der Waals surface area contributed by atoms with Gasteiger partial charge in [-0.1, -0.05) is 115 Å². The number of allylic oxidation sites excluding steroid dienone is 1. The lowest BCUT2D eigenvalue weighted by atomic mass is 10.00. The first-order chi connectivity index (χ1) is 28.8. The van der Waals surface area contributed by atoms with Crippen molar-refractivity contribution in [2.75, 3.05) is 0 Å². The molecule has 12 aromatic rings. The Bertz CT molecular complexity index is 3660. The molecule has 0 saturated heterocycles. The van der Waals surface area contributed by atoms with Gasteiger partial charge in [-0.3, -0.25) is 0 Å². The Morgan fingerprint density at radius 2 is 0.810 bits per heavy atom. The molecule has 1 aliphatic carbocycles. The second-order valence-corrected chi connectivity index (χ2v) is 15.6. The van der Waals surface area contributed by atoms with Crippen molar-refractivity contribution < 1.29 is 0 Å². The molecule has 13 rings (SSSR count). The van der Waals surface area contributed by atoms with Crippen LogP contribution in [-0.4, -0.2) is 18.3 Å². The van der Waals surface area contributed by atoms with Gasteiger partial charge < -0.3 is 18.3 Å². The van der Waals surface area contributed by atoms with Crippen LogP contribution in [0.4, 0.5) is 0 Å². The fourth-order valence-electron chi connectivity index (χ4n) is 10.3. The molecule has 0 amide bonds. The fraction of sp³-hybridized carbons (Fsp3) is 0.0370. The van der Waals surface area contributed by atoms with Crippen molar-refractivity contribution in [3.63, 3.8) is 0 Å². The summed E-state index contributed by atoms with van der Waals surface area (Å²) in [6.45, 7) is 0. The van der Waals surface area contributed by atoms with Crippen LogP contribution in [0.2, 0.25) is 0 Å². The third-order valence-corrected chi connectivity index (χ3v) is 12.6. The minimum atomic E-state index is 1.02. The lowest BCUT2D eigenvalue weighted by Crippen LogP contribution is -2.02. The van der Waals surface area contributed by atoms with Gasteiger partial charge in [-0.25, -0.2) is 0 Å². The second kappa shape index (κ2) is 12.0. The van der Waals surface area contributed by atoms with Crippen LogP contribution in [0.5, 0.6) is 0 Å². The van der Waals surface area contributed by atoms with E-state index in [9.17, 15) is 0 Å². The van der Waals surface area contributed by atoms with Crippen molar-refractivity contribution in [1.29, 1.82) is 0 Å². The van der Waals surface area contributed by atoms with Gasteiger partial charge in [-0.15, -0.1) is 0 Å². The fourth-order valence-corrected chi connectivity index (χ4v) is 10.3. The molecule has 4 heteroatoms. The highest BCUT2D eigenvalue weighted by atomic mass is 15.0. The van der Waals surface area contributed by atoms with Crippen LogP contribution in [-0.2, 0) is 6.42 Å². The number of nitrogens with zero attached hydrogens (tertiary/aromatic N) is 4. The van der Waals surface area contributed by atoms with Gasteiger partial charge in [0.1, 0.15) is 0 Å². The van der Waals surface area contributed by atoms with Crippen LogP contribution in [0.1, 0.15) is 17.7 Å². The Morgan fingerprint density at radius 1 is 0.328 bits per heavy atom. The summed E-state index contributed by atoms with van der Waals surface area (Å²) in [5.74, 6) is 0. The minimum absolute atomic E-state index is 1.02. The van der Waals surface area contributed by atoms with E-state index in [-0.39, 0.29) is 0 Å². The molecule has 4 aromatic heterocycles. The van der Waals surface area contributed by atoms with E-state index in [4.69, 9.17) is 0 Å². The molecule has 0 spiro atoms. The largest absolute Gasteiger partial charge is 0.309 e. The SMILES string of the molecule is C1=Cc2c(c3ccc4c(c5ccccc5n4-c4ccccc4)c3n2-c2cccc(-n3c4ccccc4c4ccc5c(c6ccccc6n5-c5ccccc5)c43)c2)CC1. The van der Waals surface area contributed by atoms with E-state index in [2.05, 4.69) is 212 Å².